The van der Waals surface area contributed by atoms with Crippen molar-refractivity contribution in [1.82, 2.24) is 5.32 Å². The average Bonchev–Trinajstić information content (AvgIpc) is 2.92. The molecule has 1 heterocycles. The first-order valence-corrected chi connectivity index (χ1v) is 7.43. The maximum atomic E-state index is 6.08. The first-order valence-electron chi connectivity index (χ1n) is 6.26. The summed E-state index contributed by atoms with van der Waals surface area (Å²) >= 11 is 9.46. The first-order chi connectivity index (χ1) is 9.74. The molecule has 2 aromatic rings. The molecule has 1 aliphatic rings. The lowest BCUT2D eigenvalue weighted by Crippen LogP contribution is -2.13. The molecule has 0 atom stereocenters. The van der Waals surface area contributed by atoms with Gasteiger partial charge in [-0.05, 0) is 39.7 Å². The zero-order valence-electron chi connectivity index (χ0n) is 10.7. The van der Waals surface area contributed by atoms with Crippen LogP contribution in [-0.4, -0.2) is 6.79 Å². The van der Waals surface area contributed by atoms with Crippen LogP contribution < -0.4 is 14.8 Å². The van der Waals surface area contributed by atoms with Crippen molar-refractivity contribution < 1.29 is 9.47 Å². The number of fused-ring (bicyclic) bond motifs is 1. The molecule has 3 nitrogen and oxygen atoms in total. The predicted octanol–water partition coefficient (Wildman–Crippen LogP) is 4.12. The Morgan fingerprint density at radius 2 is 2.05 bits per heavy atom. The second-order valence-corrected chi connectivity index (χ2v) is 5.76. The minimum atomic E-state index is 0.300. The van der Waals surface area contributed by atoms with Gasteiger partial charge in [0.15, 0.2) is 11.5 Å². The van der Waals surface area contributed by atoms with Crippen molar-refractivity contribution in [1.29, 1.82) is 0 Å². The van der Waals surface area contributed by atoms with Crippen LogP contribution in [0.3, 0.4) is 0 Å². The summed E-state index contributed by atoms with van der Waals surface area (Å²) in [5.41, 5.74) is 2.24. The average molecular weight is 355 g/mol. The molecular formula is C15H13BrClNO2. The fourth-order valence-electron chi connectivity index (χ4n) is 2.12. The SMILES string of the molecule is Clc1cc(CNCc2cccc3c2OCO3)ccc1Br. The van der Waals surface area contributed by atoms with E-state index in [-0.39, 0.29) is 0 Å². The molecule has 0 radical (unpaired) electrons. The highest BCUT2D eigenvalue weighted by molar-refractivity contribution is 9.10. The summed E-state index contributed by atoms with van der Waals surface area (Å²) in [6, 6.07) is 11.9. The van der Waals surface area contributed by atoms with Crippen LogP contribution in [0, 0.1) is 0 Å². The first kappa shape index (κ1) is 13.7. The third kappa shape index (κ3) is 2.92. The highest BCUT2D eigenvalue weighted by atomic mass is 79.9. The van der Waals surface area contributed by atoms with Crippen LogP contribution >= 0.6 is 27.5 Å². The monoisotopic (exact) mass is 353 g/mol. The van der Waals surface area contributed by atoms with E-state index >= 15 is 0 Å². The van der Waals surface area contributed by atoms with Crippen LogP contribution in [0.4, 0.5) is 0 Å². The largest absolute Gasteiger partial charge is 0.454 e. The van der Waals surface area contributed by atoms with E-state index in [2.05, 4.69) is 21.2 Å². The van der Waals surface area contributed by atoms with Gasteiger partial charge in [0.2, 0.25) is 6.79 Å². The molecule has 0 bridgehead atoms. The third-order valence-electron chi connectivity index (χ3n) is 3.11. The Hall–Kier alpha value is -1.23. The van der Waals surface area contributed by atoms with Gasteiger partial charge in [-0.2, -0.15) is 0 Å². The second kappa shape index (κ2) is 6.04. The lowest BCUT2D eigenvalue weighted by molar-refractivity contribution is 0.173. The number of nitrogens with one attached hydrogen (secondary N) is 1. The molecule has 1 aliphatic heterocycles. The smallest absolute Gasteiger partial charge is 0.231 e. The lowest BCUT2D eigenvalue weighted by Gasteiger charge is -2.08. The van der Waals surface area contributed by atoms with Crippen molar-refractivity contribution in [3.05, 3.63) is 57.0 Å². The summed E-state index contributed by atoms with van der Waals surface area (Å²) in [5.74, 6) is 1.66. The van der Waals surface area contributed by atoms with Gasteiger partial charge in [0, 0.05) is 23.1 Å². The molecular weight excluding hydrogens is 342 g/mol. The molecule has 0 spiro atoms. The number of para-hydroxylation sites is 1. The van der Waals surface area contributed by atoms with Crippen molar-refractivity contribution >= 4 is 27.5 Å². The Morgan fingerprint density at radius 1 is 1.15 bits per heavy atom. The molecule has 0 aromatic heterocycles. The molecule has 0 unspecified atom stereocenters. The zero-order valence-corrected chi connectivity index (χ0v) is 13.0. The van der Waals surface area contributed by atoms with Crippen LogP contribution in [0.15, 0.2) is 40.9 Å². The standard InChI is InChI=1S/C15H13BrClNO2/c16-12-5-4-10(6-13(12)17)7-18-8-11-2-1-3-14-15(11)20-9-19-14/h1-6,18H,7-9H2. The van der Waals surface area contributed by atoms with Gasteiger partial charge in [-0.15, -0.1) is 0 Å². The maximum absolute atomic E-state index is 6.08. The van der Waals surface area contributed by atoms with Gasteiger partial charge < -0.3 is 14.8 Å². The molecule has 0 aliphatic carbocycles. The number of hydrogen-bond donors (Lipinski definition) is 1. The highest BCUT2D eigenvalue weighted by Crippen LogP contribution is 2.35. The van der Waals surface area contributed by atoms with Gasteiger partial charge in [0.1, 0.15) is 0 Å². The molecule has 0 amide bonds. The van der Waals surface area contributed by atoms with Crippen molar-refractivity contribution in [2.45, 2.75) is 13.1 Å². The Morgan fingerprint density at radius 3 is 2.90 bits per heavy atom. The molecule has 3 rings (SSSR count). The van der Waals surface area contributed by atoms with E-state index < -0.39 is 0 Å². The minimum Gasteiger partial charge on any atom is -0.454 e. The molecule has 0 saturated heterocycles. The van der Waals surface area contributed by atoms with E-state index in [9.17, 15) is 0 Å². The van der Waals surface area contributed by atoms with E-state index in [1.165, 1.54) is 0 Å². The predicted molar refractivity (Wildman–Crippen MR) is 82.3 cm³/mol. The Bertz CT molecular complexity index is 633. The summed E-state index contributed by atoms with van der Waals surface area (Å²) in [6.45, 7) is 1.77. The zero-order chi connectivity index (χ0) is 13.9. The molecule has 5 heteroatoms. The van der Waals surface area contributed by atoms with Gasteiger partial charge in [-0.25, -0.2) is 0 Å². The van der Waals surface area contributed by atoms with Crippen LogP contribution in [0.2, 0.25) is 5.02 Å². The summed E-state index contributed by atoms with van der Waals surface area (Å²) in [5, 5.41) is 4.11. The number of halogens is 2. The summed E-state index contributed by atoms with van der Waals surface area (Å²) in [4.78, 5) is 0. The number of rotatable bonds is 4. The van der Waals surface area contributed by atoms with Crippen LogP contribution in [0.25, 0.3) is 0 Å². The lowest BCUT2D eigenvalue weighted by atomic mass is 10.1. The summed E-state index contributed by atoms with van der Waals surface area (Å²) in [7, 11) is 0. The molecule has 1 N–H and O–H groups in total. The van der Waals surface area contributed by atoms with E-state index in [1.807, 2.05) is 36.4 Å². The number of hydrogen-bond acceptors (Lipinski definition) is 3. The van der Waals surface area contributed by atoms with Crippen LogP contribution in [0.5, 0.6) is 11.5 Å². The Balaban J connectivity index is 1.63. The normalized spacial score (nSPS) is 12.7. The Kier molecular flexibility index (Phi) is 4.15. The van der Waals surface area contributed by atoms with E-state index in [1.54, 1.807) is 0 Å². The third-order valence-corrected chi connectivity index (χ3v) is 4.34. The molecule has 2 aromatic carbocycles. The molecule has 104 valence electrons. The summed E-state index contributed by atoms with van der Waals surface area (Å²) in [6.07, 6.45) is 0. The number of ether oxygens (including phenoxy) is 2. The molecule has 0 saturated carbocycles. The van der Waals surface area contributed by atoms with Crippen LogP contribution in [0.1, 0.15) is 11.1 Å². The van der Waals surface area contributed by atoms with E-state index in [0.29, 0.717) is 6.79 Å². The highest BCUT2D eigenvalue weighted by Gasteiger charge is 2.16. The molecule has 0 fully saturated rings. The van der Waals surface area contributed by atoms with Crippen molar-refractivity contribution in [3.63, 3.8) is 0 Å². The second-order valence-electron chi connectivity index (χ2n) is 4.50. The quantitative estimate of drug-likeness (QED) is 0.896. The fourth-order valence-corrected chi connectivity index (χ4v) is 2.57. The van der Waals surface area contributed by atoms with E-state index in [4.69, 9.17) is 21.1 Å². The topological polar surface area (TPSA) is 30.5 Å². The van der Waals surface area contributed by atoms with Crippen LogP contribution in [-0.2, 0) is 13.1 Å². The van der Waals surface area contributed by atoms with Crippen molar-refractivity contribution in [2.24, 2.45) is 0 Å². The maximum Gasteiger partial charge on any atom is 0.231 e. The number of benzene rings is 2. The van der Waals surface area contributed by atoms with Gasteiger partial charge in [-0.1, -0.05) is 29.8 Å². The summed E-state index contributed by atoms with van der Waals surface area (Å²) < 4.78 is 11.7. The fraction of sp³-hybridized carbons (Fsp3) is 0.200. The van der Waals surface area contributed by atoms with Gasteiger partial charge >= 0.3 is 0 Å². The van der Waals surface area contributed by atoms with Gasteiger partial charge in [-0.3, -0.25) is 0 Å². The van der Waals surface area contributed by atoms with Gasteiger partial charge in [0.25, 0.3) is 0 Å². The van der Waals surface area contributed by atoms with Crippen molar-refractivity contribution in [3.8, 4) is 11.5 Å². The van der Waals surface area contributed by atoms with Gasteiger partial charge in [0.05, 0.1) is 5.02 Å². The van der Waals surface area contributed by atoms with E-state index in [0.717, 1.165) is 45.2 Å². The molecule has 20 heavy (non-hydrogen) atoms. The Labute approximate surface area is 131 Å². The minimum absolute atomic E-state index is 0.300. The van der Waals surface area contributed by atoms with Crippen molar-refractivity contribution in [2.75, 3.05) is 6.79 Å².